The SMILES string of the molecule is Cc1cc(-c2c(-c3ccc(F)cc3)nc(N)n3nnnc23)cc(C)n1. The number of benzene rings is 1. The van der Waals surface area contributed by atoms with E-state index in [-0.39, 0.29) is 11.8 Å². The summed E-state index contributed by atoms with van der Waals surface area (Å²) in [7, 11) is 0. The highest BCUT2D eigenvalue weighted by Crippen LogP contribution is 2.34. The molecule has 0 amide bonds. The normalized spacial score (nSPS) is 11.2. The van der Waals surface area contributed by atoms with E-state index in [1.54, 1.807) is 12.1 Å². The van der Waals surface area contributed by atoms with Gasteiger partial charge in [-0.05, 0) is 66.2 Å². The van der Waals surface area contributed by atoms with E-state index >= 15 is 0 Å². The maximum Gasteiger partial charge on any atom is 0.225 e. The lowest BCUT2D eigenvalue weighted by Crippen LogP contribution is -2.06. The zero-order valence-corrected chi connectivity index (χ0v) is 13.6. The molecule has 0 radical (unpaired) electrons. The van der Waals surface area contributed by atoms with Gasteiger partial charge in [-0.2, -0.15) is 4.52 Å². The number of hydrogen-bond donors (Lipinski definition) is 1. The molecule has 3 heterocycles. The fraction of sp³-hybridized carbons (Fsp3) is 0.118. The number of halogens is 1. The van der Waals surface area contributed by atoms with Crippen LogP contribution >= 0.6 is 0 Å². The highest BCUT2D eigenvalue weighted by Gasteiger charge is 2.19. The predicted octanol–water partition coefficient (Wildman–Crippen LogP) is 2.59. The van der Waals surface area contributed by atoms with Gasteiger partial charge in [0.15, 0.2) is 5.65 Å². The summed E-state index contributed by atoms with van der Waals surface area (Å²) in [4.78, 5) is 8.87. The van der Waals surface area contributed by atoms with Gasteiger partial charge in [0.05, 0.1) is 11.3 Å². The molecule has 0 fully saturated rings. The number of tetrazole rings is 1. The van der Waals surface area contributed by atoms with E-state index in [0.29, 0.717) is 11.3 Å². The molecule has 3 aromatic heterocycles. The Morgan fingerprint density at radius 3 is 2.32 bits per heavy atom. The van der Waals surface area contributed by atoms with Gasteiger partial charge in [-0.25, -0.2) is 9.37 Å². The first-order valence-corrected chi connectivity index (χ1v) is 7.62. The maximum absolute atomic E-state index is 13.3. The molecule has 0 aliphatic carbocycles. The second-order valence-corrected chi connectivity index (χ2v) is 5.75. The molecule has 8 heteroatoms. The van der Waals surface area contributed by atoms with Crippen LogP contribution in [0.1, 0.15) is 11.4 Å². The summed E-state index contributed by atoms with van der Waals surface area (Å²) in [6.07, 6.45) is 0. The summed E-state index contributed by atoms with van der Waals surface area (Å²) in [5.74, 6) is -0.162. The highest BCUT2D eigenvalue weighted by atomic mass is 19.1. The van der Waals surface area contributed by atoms with Crippen molar-refractivity contribution in [2.45, 2.75) is 13.8 Å². The Kier molecular flexibility index (Phi) is 3.38. The summed E-state index contributed by atoms with van der Waals surface area (Å²) in [5.41, 5.74) is 11.1. The third kappa shape index (κ3) is 2.57. The van der Waals surface area contributed by atoms with Crippen molar-refractivity contribution in [2.75, 3.05) is 5.73 Å². The van der Waals surface area contributed by atoms with Crippen molar-refractivity contribution >= 4 is 11.6 Å². The summed E-state index contributed by atoms with van der Waals surface area (Å²) in [6, 6.07) is 9.94. The van der Waals surface area contributed by atoms with Crippen LogP contribution in [0.25, 0.3) is 28.0 Å². The van der Waals surface area contributed by atoms with Crippen LogP contribution in [0.5, 0.6) is 0 Å². The molecule has 0 aliphatic heterocycles. The first kappa shape index (κ1) is 15.1. The molecule has 0 saturated heterocycles. The van der Waals surface area contributed by atoms with Gasteiger partial charge in [0.1, 0.15) is 5.82 Å². The fourth-order valence-corrected chi connectivity index (χ4v) is 2.88. The topological polar surface area (TPSA) is 94.9 Å². The van der Waals surface area contributed by atoms with E-state index in [9.17, 15) is 4.39 Å². The zero-order chi connectivity index (χ0) is 17.6. The molecule has 0 bridgehead atoms. The van der Waals surface area contributed by atoms with Crippen LogP contribution in [-0.2, 0) is 0 Å². The average Bonchev–Trinajstić information content (AvgIpc) is 3.04. The van der Waals surface area contributed by atoms with Crippen molar-refractivity contribution in [1.29, 1.82) is 0 Å². The monoisotopic (exact) mass is 335 g/mol. The largest absolute Gasteiger partial charge is 0.368 e. The quantitative estimate of drug-likeness (QED) is 0.605. The Morgan fingerprint density at radius 2 is 1.64 bits per heavy atom. The van der Waals surface area contributed by atoms with E-state index < -0.39 is 0 Å². The molecule has 124 valence electrons. The molecule has 0 spiro atoms. The van der Waals surface area contributed by atoms with E-state index in [1.807, 2.05) is 26.0 Å². The number of aryl methyl sites for hydroxylation is 2. The number of nitrogens with two attached hydrogens (primary N) is 1. The van der Waals surface area contributed by atoms with E-state index in [4.69, 9.17) is 5.73 Å². The summed E-state index contributed by atoms with van der Waals surface area (Å²) >= 11 is 0. The summed E-state index contributed by atoms with van der Waals surface area (Å²) < 4.78 is 14.7. The summed E-state index contributed by atoms with van der Waals surface area (Å²) in [6.45, 7) is 3.83. The van der Waals surface area contributed by atoms with E-state index in [2.05, 4.69) is 25.5 Å². The molecule has 2 N–H and O–H groups in total. The lowest BCUT2D eigenvalue weighted by molar-refractivity contribution is 0.628. The minimum Gasteiger partial charge on any atom is -0.368 e. The maximum atomic E-state index is 13.3. The van der Waals surface area contributed by atoms with E-state index in [0.717, 1.165) is 28.1 Å². The number of aromatic nitrogens is 6. The van der Waals surface area contributed by atoms with Crippen molar-refractivity contribution in [3.63, 3.8) is 0 Å². The van der Waals surface area contributed by atoms with Gasteiger partial charge in [-0.1, -0.05) is 0 Å². The van der Waals surface area contributed by atoms with Crippen LogP contribution in [0.15, 0.2) is 36.4 Å². The number of anilines is 1. The van der Waals surface area contributed by atoms with Crippen LogP contribution in [0.2, 0.25) is 0 Å². The lowest BCUT2D eigenvalue weighted by atomic mass is 9.99. The molecule has 4 aromatic rings. The molecule has 1 aromatic carbocycles. The smallest absolute Gasteiger partial charge is 0.225 e. The minimum absolute atomic E-state index is 0.158. The third-order valence-electron chi connectivity index (χ3n) is 3.86. The Bertz CT molecular complexity index is 1070. The van der Waals surface area contributed by atoms with Gasteiger partial charge in [-0.15, -0.1) is 5.10 Å². The van der Waals surface area contributed by atoms with Crippen LogP contribution in [0.3, 0.4) is 0 Å². The van der Waals surface area contributed by atoms with Gasteiger partial charge < -0.3 is 5.73 Å². The Morgan fingerprint density at radius 1 is 0.960 bits per heavy atom. The van der Waals surface area contributed by atoms with Gasteiger partial charge in [-0.3, -0.25) is 4.98 Å². The standard InChI is InChI=1S/C17H14FN7/c1-9-7-12(8-10(2)20-9)14-15(11-3-5-13(18)6-4-11)21-17(19)25-16(14)22-23-24-25/h3-8H,1-2H3,(H2,19,21). The molecule has 25 heavy (non-hydrogen) atoms. The summed E-state index contributed by atoms with van der Waals surface area (Å²) in [5, 5.41) is 11.7. The van der Waals surface area contributed by atoms with Gasteiger partial charge in [0.2, 0.25) is 5.95 Å². The minimum atomic E-state index is -0.320. The molecule has 4 rings (SSSR count). The number of nitrogens with zero attached hydrogens (tertiary/aromatic N) is 6. The molecular formula is C17H14FN7. The number of nitrogen functional groups attached to an aromatic ring is 1. The molecule has 0 saturated carbocycles. The Balaban J connectivity index is 2.10. The van der Waals surface area contributed by atoms with Gasteiger partial charge >= 0.3 is 0 Å². The van der Waals surface area contributed by atoms with Crippen LogP contribution < -0.4 is 5.73 Å². The van der Waals surface area contributed by atoms with Crippen LogP contribution in [-0.4, -0.2) is 30.0 Å². The van der Waals surface area contributed by atoms with Gasteiger partial charge in [0.25, 0.3) is 0 Å². The fourth-order valence-electron chi connectivity index (χ4n) is 2.88. The first-order chi connectivity index (χ1) is 12.0. The molecule has 0 aliphatic rings. The lowest BCUT2D eigenvalue weighted by Gasteiger charge is -2.12. The van der Waals surface area contributed by atoms with Crippen molar-refractivity contribution < 1.29 is 4.39 Å². The third-order valence-corrected chi connectivity index (χ3v) is 3.86. The average molecular weight is 335 g/mol. The number of hydrogen-bond acceptors (Lipinski definition) is 6. The van der Waals surface area contributed by atoms with Crippen LogP contribution in [0.4, 0.5) is 10.3 Å². The molecule has 7 nitrogen and oxygen atoms in total. The Hall–Kier alpha value is -3.42. The molecular weight excluding hydrogens is 321 g/mol. The number of pyridine rings is 1. The van der Waals surface area contributed by atoms with Gasteiger partial charge in [0, 0.05) is 17.0 Å². The number of fused-ring (bicyclic) bond motifs is 1. The van der Waals surface area contributed by atoms with Crippen LogP contribution in [0, 0.1) is 19.7 Å². The Labute approximate surface area is 142 Å². The van der Waals surface area contributed by atoms with Crippen molar-refractivity contribution in [1.82, 2.24) is 30.0 Å². The second-order valence-electron chi connectivity index (χ2n) is 5.75. The van der Waals surface area contributed by atoms with Crippen molar-refractivity contribution in [2.24, 2.45) is 0 Å². The molecule has 0 unspecified atom stereocenters. The highest BCUT2D eigenvalue weighted by molar-refractivity contribution is 5.90. The second kappa shape index (κ2) is 5.59. The zero-order valence-electron chi connectivity index (χ0n) is 13.6. The first-order valence-electron chi connectivity index (χ1n) is 7.62. The van der Waals surface area contributed by atoms with Crippen molar-refractivity contribution in [3.8, 4) is 22.4 Å². The van der Waals surface area contributed by atoms with E-state index in [1.165, 1.54) is 16.6 Å². The molecule has 0 atom stereocenters. The predicted molar refractivity (Wildman–Crippen MR) is 91.1 cm³/mol. The number of rotatable bonds is 2. The van der Waals surface area contributed by atoms with Crippen molar-refractivity contribution in [3.05, 3.63) is 53.6 Å².